The van der Waals surface area contributed by atoms with Crippen molar-refractivity contribution in [1.29, 1.82) is 0 Å². The van der Waals surface area contributed by atoms with E-state index in [0.29, 0.717) is 11.3 Å². The Kier molecular flexibility index (Phi) is 4.65. The van der Waals surface area contributed by atoms with Crippen LogP contribution in [0.4, 0.5) is 5.69 Å². The number of nitro groups is 1. The van der Waals surface area contributed by atoms with Crippen LogP contribution in [0.2, 0.25) is 15.3 Å². The third-order valence-corrected chi connectivity index (χ3v) is 3.23. The van der Waals surface area contributed by atoms with Gasteiger partial charge in [0.25, 0.3) is 5.69 Å². The Morgan fingerprint density at radius 3 is 2.55 bits per heavy atom. The Morgan fingerprint density at radius 1 is 1.20 bits per heavy atom. The molecule has 2 rings (SSSR count). The minimum Gasteiger partial charge on any atom is -0.487 e. The minimum atomic E-state index is -0.532. The number of aromatic nitrogens is 1. The van der Waals surface area contributed by atoms with Crippen molar-refractivity contribution in [1.82, 2.24) is 4.98 Å². The molecule has 0 atom stereocenters. The first-order valence-electron chi connectivity index (χ1n) is 5.35. The standard InChI is InChI=1S/C12H7Cl3N2O3/c13-9-5-8(17(18)19)2-3-10(9)20-6-7-1-4-11(14)16-12(7)15/h1-5H,6H2. The first kappa shape index (κ1) is 14.8. The smallest absolute Gasteiger partial charge is 0.271 e. The molecule has 8 heteroatoms. The number of hydrogen-bond donors (Lipinski definition) is 0. The summed E-state index contributed by atoms with van der Waals surface area (Å²) < 4.78 is 5.46. The van der Waals surface area contributed by atoms with Gasteiger partial charge in [0, 0.05) is 17.7 Å². The molecule has 0 aliphatic rings. The molecule has 0 radical (unpaired) electrons. The van der Waals surface area contributed by atoms with Crippen LogP contribution in [-0.2, 0) is 6.61 Å². The zero-order chi connectivity index (χ0) is 14.7. The lowest BCUT2D eigenvalue weighted by Crippen LogP contribution is -1.98. The molecule has 5 nitrogen and oxygen atoms in total. The highest BCUT2D eigenvalue weighted by Crippen LogP contribution is 2.29. The highest BCUT2D eigenvalue weighted by atomic mass is 35.5. The third kappa shape index (κ3) is 3.50. The molecular formula is C12H7Cl3N2O3. The van der Waals surface area contributed by atoms with E-state index < -0.39 is 4.92 Å². The van der Waals surface area contributed by atoms with E-state index in [2.05, 4.69) is 4.98 Å². The molecule has 1 aromatic carbocycles. The third-order valence-electron chi connectivity index (χ3n) is 2.40. The monoisotopic (exact) mass is 332 g/mol. The fraction of sp³-hybridized carbons (Fsp3) is 0.0833. The van der Waals surface area contributed by atoms with Gasteiger partial charge in [-0.05, 0) is 18.2 Å². The SMILES string of the molecule is O=[N+]([O-])c1ccc(OCc2ccc(Cl)nc2Cl)c(Cl)c1. The highest BCUT2D eigenvalue weighted by Gasteiger charge is 2.11. The fourth-order valence-corrected chi connectivity index (χ4v) is 2.05. The van der Waals surface area contributed by atoms with Crippen LogP contribution in [0.1, 0.15) is 5.56 Å². The van der Waals surface area contributed by atoms with Gasteiger partial charge in [0.2, 0.25) is 0 Å². The summed E-state index contributed by atoms with van der Waals surface area (Å²) in [6.45, 7) is 0.126. The Balaban J connectivity index is 2.13. The summed E-state index contributed by atoms with van der Waals surface area (Å²) in [5, 5.41) is 11.3. The molecule has 0 aliphatic heterocycles. The van der Waals surface area contributed by atoms with Crippen molar-refractivity contribution >= 4 is 40.5 Å². The zero-order valence-electron chi connectivity index (χ0n) is 9.85. The van der Waals surface area contributed by atoms with Crippen molar-refractivity contribution in [2.45, 2.75) is 6.61 Å². The van der Waals surface area contributed by atoms with Crippen molar-refractivity contribution in [2.75, 3.05) is 0 Å². The Bertz CT molecular complexity index is 664. The first-order valence-corrected chi connectivity index (χ1v) is 6.48. The molecule has 0 saturated heterocycles. The molecule has 0 saturated carbocycles. The highest BCUT2D eigenvalue weighted by molar-refractivity contribution is 6.33. The Morgan fingerprint density at radius 2 is 1.95 bits per heavy atom. The molecule has 2 aromatic rings. The van der Waals surface area contributed by atoms with Gasteiger partial charge in [0.15, 0.2) is 0 Å². The average Bonchev–Trinajstić information content (AvgIpc) is 2.38. The molecule has 0 unspecified atom stereocenters. The predicted octanol–water partition coefficient (Wildman–Crippen LogP) is 4.53. The van der Waals surface area contributed by atoms with E-state index in [4.69, 9.17) is 39.5 Å². The maximum Gasteiger partial charge on any atom is 0.271 e. The maximum atomic E-state index is 10.6. The molecule has 0 fully saturated rings. The molecule has 0 amide bonds. The maximum absolute atomic E-state index is 10.6. The van der Waals surface area contributed by atoms with Gasteiger partial charge in [-0.25, -0.2) is 4.98 Å². The van der Waals surface area contributed by atoms with E-state index in [-0.39, 0.29) is 27.6 Å². The number of nitrogens with zero attached hydrogens (tertiary/aromatic N) is 2. The molecule has 1 heterocycles. The fourth-order valence-electron chi connectivity index (χ4n) is 1.42. The summed E-state index contributed by atoms with van der Waals surface area (Å²) in [6.07, 6.45) is 0. The van der Waals surface area contributed by atoms with Crippen molar-refractivity contribution < 1.29 is 9.66 Å². The number of halogens is 3. The minimum absolute atomic E-state index is 0.103. The van der Waals surface area contributed by atoms with Crippen LogP contribution in [0.3, 0.4) is 0 Å². The number of rotatable bonds is 4. The number of hydrogen-bond acceptors (Lipinski definition) is 4. The normalized spacial score (nSPS) is 10.3. The summed E-state index contributed by atoms with van der Waals surface area (Å²) in [7, 11) is 0. The Hall–Kier alpha value is -1.56. The van der Waals surface area contributed by atoms with Gasteiger partial charge < -0.3 is 4.74 Å². The zero-order valence-corrected chi connectivity index (χ0v) is 12.1. The number of ether oxygens (including phenoxy) is 1. The van der Waals surface area contributed by atoms with Crippen LogP contribution < -0.4 is 4.74 Å². The van der Waals surface area contributed by atoms with E-state index in [9.17, 15) is 10.1 Å². The van der Waals surface area contributed by atoms with Gasteiger partial charge in [-0.1, -0.05) is 34.8 Å². The second-order valence-corrected chi connectivity index (χ2v) is 4.90. The summed E-state index contributed by atoms with van der Waals surface area (Å²) in [6, 6.07) is 7.22. The number of benzene rings is 1. The molecule has 20 heavy (non-hydrogen) atoms. The Labute approximate surface area is 129 Å². The van der Waals surface area contributed by atoms with Crippen molar-refractivity contribution in [2.24, 2.45) is 0 Å². The largest absolute Gasteiger partial charge is 0.487 e. The molecule has 104 valence electrons. The second kappa shape index (κ2) is 6.26. The van der Waals surface area contributed by atoms with Gasteiger partial charge in [-0.2, -0.15) is 0 Å². The van der Waals surface area contributed by atoms with Crippen LogP contribution in [0.5, 0.6) is 5.75 Å². The van der Waals surface area contributed by atoms with Crippen molar-refractivity contribution in [3.8, 4) is 5.75 Å². The van der Waals surface area contributed by atoms with Crippen LogP contribution in [0, 0.1) is 10.1 Å². The summed E-state index contributed by atoms with van der Waals surface area (Å²) in [5.74, 6) is 0.322. The van der Waals surface area contributed by atoms with Gasteiger partial charge in [0.05, 0.1) is 9.95 Å². The van der Waals surface area contributed by atoms with E-state index in [1.807, 2.05) is 0 Å². The average molecular weight is 334 g/mol. The predicted molar refractivity (Wildman–Crippen MR) is 76.7 cm³/mol. The van der Waals surface area contributed by atoms with Crippen molar-refractivity contribution in [3.05, 3.63) is 61.3 Å². The van der Waals surface area contributed by atoms with E-state index in [1.54, 1.807) is 12.1 Å². The van der Waals surface area contributed by atoms with Gasteiger partial charge in [-0.15, -0.1) is 0 Å². The summed E-state index contributed by atoms with van der Waals surface area (Å²) in [4.78, 5) is 13.9. The number of non-ortho nitro benzene ring substituents is 1. The molecule has 0 aliphatic carbocycles. The van der Waals surface area contributed by atoms with Crippen LogP contribution in [0.25, 0.3) is 0 Å². The lowest BCUT2D eigenvalue weighted by atomic mass is 10.3. The quantitative estimate of drug-likeness (QED) is 0.468. The van der Waals surface area contributed by atoms with Crippen LogP contribution in [0.15, 0.2) is 30.3 Å². The molecule has 1 aromatic heterocycles. The molecular weight excluding hydrogens is 327 g/mol. The molecule has 0 spiro atoms. The van der Waals surface area contributed by atoms with Gasteiger partial charge in [-0.3, -0.25) is 10.1 Å². The van der Waals surface area contributed by atoms with E-state index in [1.165, 1.54) is 18.2 Å². The van der Waals surface area contributed by atoms with E-state index in [0.717, 1.165) is 0 Å². The molecule has 0 bridgehead atoms. The lowest BCUT2D eigenvalue weighted by Gasteiger charge is -2.08. The van der Waals surface area contributed by atoms with E-state index >= 15 is 0 Å². The van der Waals surface area contributed by atoms with Crippen molar-refractivity contribution in [3.63, 3.8) is 0 Å². The topological polar surface area (TPSA) is 65.3 Å². The van der Waals surface area contributed by atoms with Gasteiger partial charge in [0.1, 0.15) is 22.7 Å². The first-order chi connectivity index (χ1) is 9.47. The summed E-state index contributed by atoms with van der Waals surface area (Å²) >= 11 is 17.5. The lowest BCUT2D eigenvalue weighted by molar-refractivity contribution is -0.384. The molecule has 0 N–H and O–H groups in total. The second-order valence-electron chi connectivity index (χ2n) is 3.74. The number of pyridine rings is 1. The van der Waals surface area contributed by atoms with Gasteiger partial charge >= 0.3 is 0 Å². The van der Waals surface area contributed by atoms with Crippen LogP contribution in [-0.4, -0.2) is 9.91 Å². The summed E-state index contributed by atoms with van der Waals surface area (Å²) in [5.41, 5.74) is 0.527. The number of nitro benzene ring substituents is 1. The van der Waals surface area contributed by atoms with Crippen LogP contribution >= 0.6 is 34.8 Å².